The van der Waals surface area contributed by atoms with Crippen LogP contribution in [0.4, 0.5) is 5.69 Å². The van der Waals surface area contributed by atoms with Crippen molar-refractivity contribution in [2.75, 3.05) is 18.6 Å². The number of benzene rings is 3. The fourth-order valence-electron chi connectivity index (χ4n) is 4.09. The zero-order chi connectivity index (χ0) is 23.9. The van der Waals surface area contributed by atoms with Crippen molar-refractivity contribution >= 4 is 11.6 Å². The van der Waals surface area contributed by atoms with Crippen LogP contribution in [0.5, 0.6) is 5.75 Å². The van der Waals surface area contributed by atoms with Crippen LogP contribution < -0.4 is 9.64 Å². The van der Waals surface area contributed by atoms with Gasteiger partial charge in [-0.05, 0) is 35.4 Å². The van der Waals surface area contributed by atoms with E-state index >= 15 is 0 Å². The van der Waals surface area contributed by atoms with E-state index in [0.29, 0.717) is 18.0 Å². The summed E-state index contributed by atoms with van der Waals surface area (Å²) in [5.74, 6) is 0.0353. The fraction of sp³-hybridized carbons (Fsp3) is 0.296. The van der Waals surface area contributed by atoms with Crippen molar-refractivity contribution in [3.63, 3.8) is 0 Å². The highest BCUT2D eigenvalue weighted by molar-refractivity contribution is 5.98. The average Bonchev–Trinajstić information content (AvgIpc) is 2.89. The van der Waals surface area contributed by atoms with Crippen LogP contribution in [0.1, 0.15) is 11.1 Å². The van der Waals surface area contributed by atoms with Crippen LogP contribution in [-0.4, -0.2) is 54.2 Å². The summed E-state index contributed by atoms with van der Waals surface area (Å²) in [6, 6.07) is 25.5. The minimum absolute atomic E-state index is 0.107. The van der Waals surface area contributed by atoms with Crippen molar-refractivity contribution in [3.05, 3.63) is 96.1 Å². The van der Waals surface area contributed by atoms with Gasteiger partial charge < -0.3 is 29.3 Å². The average molecular weight is 464 g/mol. The van der Waals surface area contributed by atoms with Crippen molar-refractivity contribution in [2.24, 2.45) is 0 Å². The first-order chi connectivity index (χ1) is 16.6. The summed E-state index contributed by atoms with van der Waals surface area (Å²) in [4.78, 5) is 14.6. The van der Waals surface area contributed by atoms with Crippen LogP contribution >= 0.6 is 0 Å². The maximum atomic E-state index is 13.1. The smallest absolute Gasteiger partial charge is 0.259 e. The van der Waals surface area contributed by atoms with Crippen molar-refractivity contribution in [2.45, 2.75) is 37.6 Å². The molecule has 1 heterocycles. The number of hydrogen-bond donors (Lipinski definition) is 2. The number of aliphatic hydroxyl groups excluding tert-OH is 2. The van der Waals surface area contributed by atoms with Gasteiger partial charge in [0, 0.05) is 5.69 Å². The molecule has 2 N–H and O–H groups in total. The van der Waals surface area contributed by atoms with E-state index in [1.807, 2.05) is 60.7 Å². The molecule has 7 heteroatoms. The van der Waals surface area contributed by atoms with Gasteiger partial charge in [0.2, 0.25) is 0 Å². The molecule has 3 aromatic rings. The standard InChI is InChI=1S/C27H29NO6/c1-32-22-14-12-21(13-15-22)28-23(18-33-16-19-8-4-2-5-9-19)26(24(29)25(30)27(28)31)34-17-20-10-6-3-7-11-20/h2-15,23-26,29-30H,16-18H2,1H3/t23-,24-,25-,26+/m1/s1. The molecule has 1 saturated heterocycles. The second-order valence-electron chi connectivity index (χ2n) is 8.17. The quantitative estimate of drug-likeness (QED) is 0.507. The molecule has 0 spiro atoms. The van der Waals surface area contributed by atoms with Crippen LogP contribution in [0, 0.1) is 0 Å². The maximum Gasteiger partial charge on any atom is 0.259 e. The second-order valence-corrected chi connectivity index (χ2v) is 8.17. The van der Waals surface area contributed by atoms with Gasteiger partial charge >= 0.3 is 0 Å². The van der Waals surface area contributed by atoms with E-state index in [9.17, 15) is 15.0 Å². The number of piperidine rings is 1. The Labute approximate surface area is 199 Å². The Hall–Kier alpha value is -3.23. The number of ether oxygens (including phenoxy) is 3. The molecule has 34 heavy (non-hydrogen) atoms. The Morgan fingerprint density at radius 2 is 1.41 bits per heavy atom. The Morgan fingerprint density at radius 1 is 0.824 bits per heavy atom. The number of carbonyl (C=O) groups excluding carboxylic acids is 1. The van der Waals surface area contributed by atoms with E-state index in [2.05, 4.69) is 0 Å². The summed E-state index contributed by atoms with van der Waals surface area (Å²) in [5.41, 5.74) is 2.46. The van der Waals surface area contributed by atoms with Gasteiger partial charge in [0.15, 0.2) is 6.10 Å². The molecule has 0 radical (unpaired) electrons. The molecule has 0 unspecified atom stereocenters. The Bertz CT molecular complexity index is 1040. The van der Waals surface area contributed by atoms with E-state index < -0.39 is 30.3 Å². The number of methoxy groups -OCH3 is 1. The Morgan fingerprint density at radius 3 is 2.00 bits per heavy atom. The summed E-state index contributed by atoms with van der Waals surface area (Å²) in [7, 11) is 1.56. The van der Waals surface area contributed by atoms with E-state index in [0.717, 1.165) is 11.1 Å². The molecule has 7 nitrogen and oxygen atoms in total. The SMILES string of the molecule is COc1ccc(N2C(=O)[C@H](O)[C@@H](O)[C@@H](OCc3ccccc3)[C@H]2COCc2ccccc2)cc1. The normalized spacial score (nSPS) is 22.6. The topological polar surface area (TPSA) is 88.5 Å². The lowest BCUT2D eigenvalue weighted by Crippen LogP contribution is -2.66. The Balaban J connectivity index is 1.60. The van der Waals surface area contributed by atoms with Crippen molar-refractivity contribution < 1.29 is 29.2 Å². The molecule has 1 amide bonds. The molecule has 1 aliphatic heterocycles. The molecule has 178 valence electrons. The van der Waals surface area contributed by atoms with Crippen molar-refractivity contribution in [1.29, 1.82) is 0 Å². The van der Waals surface area contributed by atoms with Gasteiger partial charge in [-0.1, -0.05) is 60.7 Å². The summed E-state index contributed by atoms with van der Waals surface area (Å²) in [6.07, 6.45) is -3.88. The molecule has 0 saturated carbocycles. The lowest BCUT2D eigenvalue weighted by molar-refractivity contribution is -0.159. The third-order valence-electron chi connectivity index (χ3n) is 5.90. The zero-order valence-corrected chi connectivity index (χ0v) is 19.0. The maximum absolute atomic E-state index is 13.1. The molecule has 1 fully saturated rings. The van der Waals surface area contributed by atoms with Crippen LogP contribution in [0.25, 0.3) is 0 Å². The predicted octanol–water partition coefficient (Wildman–Crippen LogP) is 2.93. The molecule has 0 bridgehead atoms. The third-order valence-corrected chi connectivity index (χ3v) is 5.90. The third kappa shape index (κ3) is 5.46. The van der Waals surface area contributed by atoms with Crippen LogP contribution in [0.3, 0.4) is 0 Å². The first kappa shape index (κ1) is 23.9. The van der Waals surface area contributed by atoms with E-state index in [1.165, 1.54) is 4.90 Å². The lowest BCUT2D eigenvalue weighted by Gasteiger charge is -2.45. The van der Waals surface area contributed by atoms with Gasteiger partial charge in [0.05, 0.1) is 33.0 Å². The monoisotopic (exact) mass is 463 g/mol. The zero-order valence-electron chi connectivity index (χ0n) is 19.0. The molecule has 0 aliphatic carbocycles. The van der Waals surface area contributed by atoms with Crippen LogP contribution in [-0.2, 0) is 27.5 Å². The van der Waals surface area contributed by atoms with Gasteiger partial charge in [-0.25, -0.2) is 0 Å². The van der Waals surface area contributed by atoms with E-state index in [-0.39, 0.29) is 13.2 Å². The van der Waals surface area contributed by atoms with Gasteiger partial charge in [0.25, 0.3) is 5.91 Å². The number of rotatable bonds is 9. The summed E-state index contributed by atoms with van der Waals surface area (Å²) in [5, 5.41) is 21.4. The number of hydrogen-bond acceptors (Lipinski definition) is 6. The number of aliphatic hydroxyl groups is 2. The number of nitrogens with zero attached hydrogens (tertiary/aromatic N) is 1. The Kier molecular flexibility index (Phi) is 7.92. The van der Waals surface area contributed by atoms with Crippen molar-refractivity contribution in [3.8, 4) is 5.75 Å². The van der Waals surface area contributed by atoms with Gasteiger partial charge in [0.1, 0.15) is 18.0 Å². The molecule has 0 aromatic heterocycles. The molecular weight excluding hydrogens is 434 g/mol. The minimum Gasteiger partial charge on any atom is -0.497 e. The number of amides is 1. The number of carbonyl (C=O) groups is 1. The largest absolute Gasteiger partial charge is 0.497 e. The van der Waals surface area contributed by atoms with E-state index in [4.69, 9.17) is 14.2 Å². The predicted molar refractivity (Wildman–Crippen MR) is 127 cm³/mol. The number of anilines is 1. The molecular formula is C27H29NO6. The van der Waals surface area contributed by atoms with Gasteiger partial charge in [-0.2, -0.15) is 0 Å². The van der Waals surface area contributed by atoms with Gasteiger partial charge in [-0.3, -0.25) is 4.79 Å². The second kappa shape index (κ2) is 11.3. The highest BCUT2D eigenvalue weighted by Crippen LogP contribution is 2.31. The first-order valence-corrected chi connectivity index (χ1v) is 11.2. The molecule has 4 atom stereocenters. The van der Waals surface area contributed by atoms with Crippen LogP contribution in [0.2, 0.25) is 0 Å². The van der Waals surface area contributed by atoms with E-state index in [1.54, 1.807) is 31.4 Å². The molecule has 4 rings (SSSR count). The molecule has 3 aromatic carbocycles. The summed E-state index contributed by atoms with van der Waals surface area (Å²) in [6.45, 7) is 0.664. The van der Waals surface area contributed by atoms with Crippen LogP contribution in [0.15, 0.2) is 84.9 Å². The highest BCUT2D eigenvalue weighted by atomic mass is 16.5. The fourth-order valence-corrected chi connectivity index (χ4v) is 4.09. The van der Waals surface area contributed by atoms with Gasteiger partial charge in [-0.15, -0.1) is 0 Å². The van der Waals surface area contributed by atoms with Crippen molar-refractivity contribution in [1.82, 2.24) is 0 Å². The summed E-state index contributed by atoms with van der Waals surface area (Å²) < 4.78 is 17.3. The lowest BCUT2D eigenvalue weighted by atomic mass is 9.92. The molecule has 1 aliphatic rings. The first-order valence-electron chi connectivity index (χ1n) is 11.2. The summed E-state index contributed by atoms with van der Waals surface area (Å²) >= 11 is 0. The minimum atomic E-state index is -1.62. The highest BCUT2D eigenvalue weighted by Gasteiger charge is 2.49.